The molecule has 0 aliphatic carbocycles. The minimum absolute atomic E-state index is 0.158. The van der Waals surface area contributed by atoms with Gasteiger partial charge in [0, 0.05) is 17.8 Å². The summed E-state index contributed by atoms with van der Waals surface area (Å²) in [6, 6.07) is 13.8. The molecule has 0 aromatic heterocycles. The van der Waals surface area contributed by atoms with Crippen molar-refractivity contribution < 1.29 is 13.3 Å². The number of nitro groups is 1. The Bertz CT molecular complexity index is 699. The maximum atomic E-state index is 12.0. The summed E-state index contributed by atoms with van der Waals surface area (Å²) in [6.07, 6.45) is 0. The number of hydrogen-bond acceptors (Lipinski definition) is 4. The third-order valence-corrected chi connectivity index (χ3v) is 3.69. The second-order valence-electron chi connectivity index (χ2n) is 3.65. The van der Waals surface area contributed by atoms with E-state index in [1.54, 1.807) is 12.1 Å². The van der Waals surface area contributed by atoms with E-state index >= 15 is 0 Å². The molecule has 0 aliphatic heterocycles. The monoisotopic (exact) mass is 277 g/mol. The molecule has 2 aromatic rings. The number of rotatable bonds is 4. The van der Waals surface area contributed by atoms with Gasteiger partial charge in [-0.15, -0.1) is 0 Å². The number of nitrogens with zero attached hydrogens (tertiary/aromatic N) is 1. The van der Waals surface area contributed by atoms with Crippen molar-refractivity contribution in [1.29, 1.82) is 0 Å². The molecule has 0 spiro atoms. The van der Waals surface area contributed by atoms with Gasteiger partial charge in [-0.1, -0.05) is 18.2 Å². The number of nitrogens with one attached hydrogen (secondary N) is 1. The zero-order chi connectivity index (χ0) is 13.9. The number of sulfonamides is 1. The maximum absolute atomic E-state index is 12.0. The molecule has 1 radical (unpaired) electrons. The standard InChI is InChI=1S/C12H9N2O4S/c15-14(16)11-7-4-8-12(9-11)19(17,18)13-10-5-2-1-3-6-10/h2-9,13H. The fraction of sp³-hybridized carbons (Fsp3) is 0. The van der Waals surface area contributed by atoms with Gasteiger partial charge in [-0.2, -0.15) is 0 Å². The van der Waals surface area contributed by atoms with Crippen molar-refractivity contribution in [2.75, 3.05) is 4.72 Å². The van der Waals surface area contributed by atoms with Crippen LogP contribution >= 0.6 is 0 Å². The van der Waals surface area contributed by atoms with Crippen LogP contribution in [0.25, 0.3) is 0 Å². The Balaban J connectivity index is 2.35. The first-order valence-electron chi connectivity index (χ1n) is 5.22. The topological polar surface area (TPSA) is 89.3 Å². The Morgan fingerprint density at radius 2 is 1.84 bits per heavy atom. The van der Waals surface area contributed by atoms with Gasteiger partial charge < -0.3 is 0 Å². The van der Waals surface area contributed by atoms with Gasteiger partial charge in [0.1, 0.15) is 0 Å². The fourth-order valence-corrected chi connectivity index (χ4v) is 2.53. The molecule has 0 fully saturated rings. The van der Waals surface area contributed by atoms with Crippen molar-refractivity contribution in [3.8, 4) is 0 Å². The van der Waals surface area contributed by atoms with E-state index in [4.69, 9.17) is 0 Å². The third-order valence-electron chi connectivity index (χ3n) is 2.31. The second kappa shape index (κ2) is 5.07. The number of anilines is 1. The van der Waals surface area contributed by atoms with Crippen LogP contribution in [0.1, 0.15) is 0 Å². The lowest BCUT2D eigenvalue weighted by Gasteiger charge is -2.07. The Morgan fingerprint density at radius 3 is 2.47 bits per heavy atom. The predicted molar refractivity (Wildman–Crippen MR) is 69.2 cm³/mol. The molecule has 0 heterocycles. The summed E-state index contributed by atoms with van der Waals surface area (Å²) in [6.45, 7) is 0. The van der Waals surface area contributed by atoms with Crippen molar-refractivity contribution in [1.82, 2.24) is 0 Å². The number of non-ortho nitro benzene ring substituents is 1. The van der Waals surface area contributed by atoms with Crippen LogP contribution in [0, 0.1) is 16.2 Å². The molecule has 97 valence electrons. The lowest BCUT2D eigenvalue weighted by molar-refractivity contribution is -0.385. The highest BCUT2D eigenvalue weighted by molar-refractivity contribution is 7.92. The average molecular weight is 277 g/mol. The van der Waals surface area contributed by atoms with Crippen LogP contribution in [0.3, 0.4) is 0 Å². The first-order chi connectivity index (χ1) is 8.99. The highest BCUT2D eigenvalue weighted by Crippen LogP contribution is 2.20. The van der Waals surface area contributed by atoms with E-state index in [-0.39, 0.29) is 10.6 Å². The lowest BCUT2D eigenvalue weighted by atomic mass is 10.3. The summed E-state index contributed by atoms with van der Waals surface area (Å²) < 4.78 is 26.4. The molecule has 19 heavy (non-hydrogen) atoms. The van der Waals surface area contributed by atoms with Crippen LogP contribution in [-0.4, -0.2) is 13.3 Å². The van der Waals surface area contributed by atoms with Gasteiger partial charge in [0.2, 0.25) is 0 Å². The van der Waals surface area contributed by atoms with E-state index < -0.39 is 14.9 Å². The lowest BCUT2D eigenvalue weighted by Crippen LogP contribution is -2.13. The summed E-state index contributed by atoms with van der Waals surface area (Å²) in [7, 11) is -3.84. The smallest absolute Gasteiger partial charge is 0.270 e. The molecule has 0 amide bonds. The molecule has 2 aromatic carbocycles. The Morgan fingerprint density at radius 1 is 1.16 bits per heavy atom. The zero-order valence-electron chi connectivity index (χ0n) is 9.61. The number of benzene rings is 2. The third kappa shape index (κ3) is 3.08. The van der Waals surface area contributed by atoms with Gasteiger partial charge in [0.15, 0.2) is 0 Å². The van der Waals surface area contributed by atoms with Gasteiger partial charge in [0.05, 0.1) is 9.82 Å². The molecular weight excluding hydrogens is 268 g/mol. The van der Waals surface area contributed by atoms with E-state index in [1.807, 2.05) is 0 Å². The number of nitro benzene ring substituents is 1. The molecule has 1 N–H and O–H groups in total. The van der Waals surface area contributed by atoms with Gasteiger partial charge in [0.25, 0.3) is 15.7 Å². The molecule has 2 rings (SSSR count). The van der Waals surface area contributed by atoms with Crippen molar-refractivity contribution in [3.63, 3.8) is 0 Å². The minimum Gasteiger partial charge on any atom is -0.280 e. The highest BCUT2D eigenvalue weighted by Gasteiger charge is 2.17. The van der Waals surface area contributed by atoms with E-state index in [2.05, 4.69) is 10.8 Å². The summed E-state index contributed by atoms with van der Waals surface area (Å²) in [5.74, 6) is 0. The van der Waals surface area contributed by atoms with Crippen LogP contribution in [0.4, 0.5) is 11.4 Å². The first-order valence-corrected chi connectivity index (χ1v) is 6.71. The summed E-state index contributed by atoms with van der Waals surface area (Å²) in [4.78, 5) is 9.82. The fourth-order valence-electron chi connectivity index (χ4n) is 1.43. The van der Waals surface area contributed by atoms with E-state index in [9.17, 15) is 18.5 Å². The van der Waals surface area contributed by atoms with Gasteiger partial charge in [-0.3, -0.25) is 14.8 Å². The predicted octanol–water partition coefficient (Wildman–Crippen LogP) is 2.20. The van der Waals surface area contributed by atoms with Crippen LogP contribution < -0.4 is 4.72 Å². The quantitative estimate of drug-likeness (QED) is 0.685. The van der Waals surface area contributed by atoms with Crippen LogP contribution in [0.2, 0.25) is 0 Å². The summed E-state index contributed by atoms with van der Waals surface area (Å²) in [5, 5.41) is 10.6. The average Bonchev–Trinajstić information content (AvgIpc) is 2.39. The maximum Gasteiger partial charge on any atom is 0.270 e. The molecule has 0 atom stereocenters. The Hall–Kier alpha value is -2.41. The zero-order valence-corrected chi connectivity index (χ0v) is 10.4. The van der Waals surface area contributed by atoms with Crippen LogP contribution in [0.15, 0.2) is 53.4 Å². The van der Waals surface area contributed by atoms with E-state index in [0.717, 1.165) is 6.07 Å². The molecule has 0 saturated heterocycles. The van der Waals surface area contributed by atoms with Gasteiger partial charge in [-0.05, 0) is 24.3 Å². The van der Waals surface area contributed by atoms with Gasteiger partial charge >= 0.3 is 0 Å². The first kappa shape index (κ1) is 13.0. The Labute approximate surface area is 109 Å². The van der Waals surface area contributed by atoms with Crippen LogP contribution in [0.5, 0.6) is 0 Å². The summed E-state index contributed by atoms with van der Waals surface area (Å²) >= 11 is 0. The minimum atomic E-state index is -3.84. The normalized spacial score (nSPS) is 10.9. The van der Waals surface area contributed by atoms with Crippen molar-refractivity contribution in [2.45, 2.75) is 4.90 Å². The molecule has 6 nitrogen and oxygen atoms in total. The molecule has 0 aliphatic rings. The summed E-state index contributed by atoms with van der Waals surface area (Å²) in [5.41, 5.74) is 0.0922. The van der Waals surface area contributed by atoms with Crippen LogP contribution in [-0.2, 0) is 10.0 Å². The molecular formula is C12H9N2O4S. The van der Waals surface area contributed by atoms with Crippen molar-refractivity contribution >= 4 is 21.4 Å². The molecule has 7 heteroatoms. The van der Waals surface area contributed by atoms with Crippen molar-refractivity contribution in [2.24, 2.45) is 0 Å². The highest BCUT2D eigenvalue weighted by atomic mass is 32.2. The van der Waals surface area contributed by atoms with E-state index in [1.165, 1.54) is 30.3 Å². The molecule has 0 unspecified atom stereocenters. The SMILES string of the molecule is O=[N+]([O-])c1cccc(S(=O)(=O)Nc2cc[c]cc2)c1. The molecule has 0 saturated carbocycles. The Kier molecular flexibility index (Phi) is 3.48. The molecule has 0 bridgehead atoms. The van der Waals surface area contributed by atoms with Gasteiger partial charge in [-0.25, -0.2) is 8.42 Å². The van der Waals surface area contributed by atoms with Crippen molar-refractivity contribution in [3.05, 3.63) is 64.7 Å². The number of hydrogen-bond donors (Lipinski definition) is 1. The second-order valence-corrected chi connectivity index (χ2v) is 5.33. The van der Waals surface area contributed by atoms with E-state index in [0.29, 0.717) is 5.69 Å². The largest absolute Gasteiger partial charge is 0.280 e.